The fraction of sp³-hybridized carbons (Fsp3) is 0.308. The molecule has 0 aromatic heterocycles. The summed E-state index contributed by atoms with van der Waals surface area (Å²) in [4.78, 5) is -0.947. The second-order valence-corrected chi connectivity index (χ2v) is 6.67. The van der Waals surface area contributed by atoms with Gasteiger partial charge in [0, 0.05) is 17.3 Å². The molecule has 0 spiro atoms. The van der Waals surface area contributed by atoms with Crippen molar-refractivity contribution in [3.05, 3.63) is 39.6 Å². The van der Waals surface area contributed by atoms with Crippen molar-refractivity contribution in [2.75, 3.05) is 6.54 Å². The Labute approximate surface area is 121 Å². The van der Waals surface area contributed by atoms with Crippen LogP contribution in [0.1, 0.15) is 19.3 Å². The highest BCUT2D eigenvalue weighted by Crippen LogP contribution is 2.27. The molecule has 4 nitrogen and oxygen atoms in total. The number of hydrogen-bond donors (Lipinski definition) is 1. The predicted molar refractivity (Wildman–Crippen MR) is 73.1 cm³/mol. The average molecular weight is 315 g/mol. The largest absolute Gasteiger partial charge is 0.387 e. The van der Waals surface area contributed by atoms with Gasteiger partial charge in [0.1, 0.15) is 16.8 Å². The molecule has 0 unspecified atom stereocenters. The van der Waals surface area contributed by atoms with E-state index in [0.717, 1.165) is 25.0 Å². The highest BCUT2D eigenvalue weighted by molar-refractivity contribution is 7.95. The van der Waals surface area contributed by atoms with E-state index >= 15 is 0 Å². The highest BCUT2D eigenvalue weighted by Gasteiger charge is 2.28. The third-order valence-electron chi connectivity index (χ3n) is 3.02. The molecule has 1 N–H and O–H groups in total. The van der Waals surface area contributed by atoms with Crippen molar-refractivity contribution in [3.8, 4) is 6.07 Å². The first-order valence-electron chi connectivity index (χ1n) is 6.04. The molecule has 20 heavy (non-hydrogen) atoms. The summed E-state index contributed by atoms with van der Waals surface area (Å²) in [6.45, 7) is 0.610. The van der Waals surface area contributed by atoms with Crippen molar-refractivity contribution < 1.29 is 12.8 Å². The number of nitrogens with zero attached hydrogens (tertiary/aromatic N) is 1. The molecular formula is C13H12ClFN2O2S. The zero-order valence-electron chi connectivity index (χ0n) is 10.5. The summed E-state index contributed by atoms with van der Waals surface area (Å²) in [5, 5.41) is 12.2. The Balaban J connectivity index is 2.56. The Morgan fingerprint density at radius 2 is 2.15 bits per heavy atom. The first-order valence-corrected chi connectivity index (χ1v) is 7.90. The minimum absolute atomic E-state index is 0.100. The van der Waals surface area contributed by atoms with Crippen LogP contribution in [-0.4, -0.2) is 15.0 Å². The smallest absolute Gasteiger partial charge is 0.221 e. The van der Waals surface area contributed by atoms with E-state index in [2.05, 4.69) is 5.32 Å². The lowest BCUT2D eigenvalue weighted by Gasteiger charge is -2.18. The van der Waals surface area contributed by atoms with Crippen LogP contribution in [0.2, 0.25) is 5.02 Å². The number of benzene rings is 1. The fourth-order valence-electron chi connectivity index (χ4n) is 2.04. The molecule has 1 fully saturated rings. The van der Waals surface area contributed by atoms with Crippen molar-refractivity contribution in [3.63, 3.8) is 0 Å². The van der Waals surface area contributed by atoms with Crippen LogP contribution in [0.4, 0.5) is 4.39 Å². The van der Waals surface area contributed by atoms with E-state index in [9.17, 15) is 12.8 Å². The van der Waals surface area contributed by atoms with E-state index < -0.39 is 25.5 Å². The number of nitrogens with one attached hydrogen (secondary N) is 1. The Bertz CT molecular complexity index is 700. The molecule has 0 amide bonds. The Morgan fingerprint density at radius 1 is 1.40 bits per heavy atom. The van der Waals surface area contributed by atoms with Crippen LogP contribution in [0.5, 0.6) is 0 Å². The SMILES string of the molecule is N#C/C(=C1/CCCCN1)S(=O)(=O)c1ccc(Cl)cc1F. The van der Waals surface area contributed by atoms with Gasteiger partial charge in [-0.25, -0.2) is 12.8 Å². The number of hydrogen-bond acceptors (Lipinski definition) is 4. The standard InChI is InChI=1S/C13H12ClFN2O2S/c14-9-4-5-12(10(15)7-9)20(18,19)13(8-16)11-3-1-2-6-17-11/h4-5,7,17H,1-3,6H2/b13-11+. The number of piperidine rings is 1. The summed E-state index contributed by atoms with van der Waals surface area (Å²) in [7, 11) is -4.18. The summed E-state index contributed by atoms with van der Waals surface area (Å²) in [6.07, 6.45) is 2.18. The van der Waals surface area contributed by atoms with Crippen molar-refractivity contribution in [2.24, 2.45) is 0 Å². The second-order valence-electron chi connectivity index (χ2n) is 4.38. The lowest BCUT2D eigenvalue weighted by Crippen LogP contribution is -2.23. The normalized spacial score (nSPS) is 18.1. The minimum Gasteiger partial charge on any atom is -0.387 e. The maximum atomic E-state index is 13.8. The van der Waals surface area contributed by atoms with Crippen LogP contribution in [0.25, 0.3) is 0 Å². The Kier molecular flexibility index (Phi) is 4.31. The third-order valence-corrected chi connectivity index (χ3v) is 5.04. The van der Waals surface area contributed by atoms with Crippen molar-refractivity contribution >= 4 is 21.4 Å². The van der Waals surface area contributed by atoms with Gasteiger partial charge in [-0.05, 0) is 37.5 Å². The average Bonchev–Trinajstić information content (AvgIpc) is 2.40. The lowest BCUT2D eigenvalue weighted by molar-refractivity contribution is 0.565. The molecule has 1 aromatic rings. The van der Waals surface area contributed by atoms with Crippen LogP contribution >= 0.6 is 11.6 Å². The van der Waals surface area contributed by atoms with E-state index in [-0.39, 0.29) is 5.02 Å². The molecule has 2 rings (SSSR count). The molecule has 1 heterocycles. The summed E-state index contributed by atoms with van der Waals surface area (Å²) >= 11 is 5.60. The van der Waals surface area contributed by atoms with Crippen LogP contribution in [-0.2, 0) is 9.84 Å². The maximum Gasteiger partial charge on any atom is 0.221 e. The maximum absolute atomic E-state index is 13.8. The summed E-state index contributed by atoms with van der Waals surface area (Å²) in [5.41, 5.74) is 0.355. The molecule has 1 aliphatic heterocycles. The quantitative estimate of drug-likeness (QED) is 0.852. The first kappa shape index (κ1) is 14.8. The van der Waals surface area contributed by atoms with Crippen molar-refractivity contribution in [2.45, 2.75) is 24.2 Å². The van der Waals surface area contributed by atoms with Gasteiger partial charge in [0.15, 0.2) is 4.91 Å². The van der Waals surface area contributed by atoms with Crippen molar-refractivity contribution in [1.82, 2.24) is 5.32 Å². The number of allylic oxidation sites excluding steroid dienone is 2. The number of rotatable bonds is 2. The zero-order valence-corrected chi connectivity index (χ0v) is 12.1. The van der Waals surface area contributed by atoms with Gasteiger partial charge in [-0.2, -0.15) is 5.26 Å². The Morgan fingerprint density at radius 3 is 2.70 bits per heavy atom. The van der Waals surface area contributed by atoms with Gasteiger partial charge in [-0.3, -0.25) is 0 Å². The fourth-order valence-corrected chi connectivity index (χ4v) is 3.60. The minimum atomic E-state index is -4.18. The number of nitriles is 1. The highest BCUT2D eigenvalue weighted by atomic mass is 35.5. The van der Waals surface area contributed by atoms with Crippen LogP contribution < -0.4 is 5.32 Å². The molecular weight excluding hydrogens is 303 g/mol. The molecule has 0 radical (unpaired) electrons. The van der Waals surface area contributed by atoms with Crippen molar-refractivity contribution in [1.29, 1.82) is 5.26 Å². The van der Waals surface area contributed by atoms with E-state index in [1.807, 2.05) is 0 Å². The zero-order chi connectivity index (χ0) is 14.8. The van der Waals surface area contributed by atoms with Crippen LogP contribution in [0.3, 0.4) is 0 Å². The van der Waals surface area contributed by atoms with E-state index in [1.54, 1.807) is 6.07 Å². The molecule has 7 heteroatoms. The topological polar surface area (TPSA) is 70.0 Å². The Hall–Kier alpha value is -1.58. The van der Waals surface area contributed by atoms with Crippen LogP contribution in [0.15, 0.2) is 33.7 Å². The van der Waals surface area contributed by atoms with E-state index in [0.29, 0.717) is 18.7 Å². The molecule has 0 aliphatic carbocycles. The molecule has 1 aliphatic rings. The van der Waals surface area contributed by atoms with Gasteiger partial charge < -0.3 is 5.32 Å². The molecule has 106 valence electrons. The number of halogens is 2. The van der Waals surface area contributed by atoms with Gasteiger partial charge >= 0.3 is 0 Å². The lowest BCUT2D eigenvalue weighted by atomic mass is 10.1. The number of sulfone groups is 1. The van der Waals surface area contributed by atoms with Gasteiger partial charge in [0.25, 0.3) is 0 Å². The molecule has 1 aromatic carbocycles. The first-order chi connectivity index (χ1) is 9.46. The van der Waals surface area contributed by atoms with Gasteiger partial charge in [0.05, 0.1) is 0 Å². The molecule has 0 bridgehead atoms. The van der Waals surface area contributed by atoms with Crippen LogP contribution in [0, 0.1) is 17.1 Å². The molecule has 1 saturated heterocycles. The molecule has 0 saturated carbocycles. The van der Waals surface area contributed by atoms with E-state index in [4.69, 9.17) is 16.9 Å². The third kappa shape index (κ3) is 2.79. The summed E-state index contributed by atoms with van der Waals surface area (Å²) in [5.74, 6) is -0.957. The van der Waals surface area contributed by atoms with Gasteiger partial charge in [-0.1, -0.05) is 11.6 Å². The van der Waals surface area contributed by atoms with Gasteiger partial charge in [-0.15, -0.1) is 0 Å². The van der Waals surface area contributed by atoms with Gasteiger partial charge in [0.2, 0.25) is 9.84 Å². The summed E-state index contributed by atoms with van der Waals surface area (Å²) in [6, 6.07) is 4.96. The second kappa shape index (κ2) is 5.81. The summed E-state index contributed by atoms with van der Waals surface area (Å²) < 4.78 is 38.6. The molecule has 0 atom stereocenters. The monoisotopic (exact) mass is 314 g/mol. The predicted octanol–water partition coefficient (Wildman–Crippen LogP) is 2.76. The van der Waals surface area contributed by atoms with E-state index in [1.165, 1.54) is 6.07 Å².